The summed E-state index contributed by atoms with van der Waals surface area (Å²) < 4.78 is 0. The number of hydrogen-bond donors (Lipinski definition) is 2. The van der Waals surface area contributed by atoms with E-state index in [1.165, 1.54) is 0 Å². The Bertz CT molecular complexity index is 623. The summed E-state index contributed by atoms with van der Waals surface area (Å²) in [6.45, 7) is 1.64. The molecule has 2 rings (SSSR count). The Kier molecular flexibility index (Phi) is 4.53. The topological polar surface area (TPSA) is 49.3 Å². The van der Waals surface area contributed by atoms with Gasteiger partial charge in [0.1, 0.15) is 0 Å². The molecular formula is C15H13Cl2NO2. The minimum atomic E-state index is -0.885. The highest BCUT2D eigenvalue weighted by Crippen LogP contribution is 2.35. The van der Waals surface area contributed by atoms with Crippen LogP contribution in [0.4, 0.5) is 11.4 Å². The van der Waals surface area contributed by atoms with E-state index in [9.17, 15) is 4.79 Å². The monoisotopic (exact) mass is 309 g/mol. The van der Waals surface area contributed by atoms with Gasteiger partial charge in [-0.05, 0) is 30.7 Å². The third kappa shape index (κ3) is 3.06. The van der Waals surface area contributed by atoms with Crippen LogP contribution < -0.4 is 5.32 Å². The zero-order valence-corrected chi connectivity index (χ0v) is 12.2. The quantitative estimate of drug-likeness (QED) is 0.842. The first-order valence-electron chi connectivity index (χ1n) is 6.03. The number of halogens is 2. The molecule has 0 heterocycles. The molecule has 0 fully saturated rings. The van der Waals surface area contributed by atoms with Crippen molar-refractivity contribution in [1.29, 1.82) is 0 Å². The molecule has 20 heavy (non-hydrogen) atoms. The minimum Gasteiger partial charge on any atom is -0.481 e. The number of carbonyl (C=O) groups is 1. The van der Waals surface area contributed by atoms with Crippen molar-refractivity contribution in [1.82, 2.24) is 0 Å². The Labute approximate surface area is 127 Å². The van der Waals surface area contributed by atoms with Gasteiger partial charge in [-0.1, -0.05) is 47.5 Å². The van der Waals surface area contributed by atoms with Gasteiger partial charge in [0.2, 0.25) is 0 Å². The Morgan fingerprint density at radius 2 is 1.70 bits per heavy atom. The largest absolute Gasteiger partial charge is 0.481 e. The van der Waals surface area contributed by atoms with Crippen LogP contribution in [0.5, 0.6) is 0 Å². The first-order valence-corrected chi connectivity index (χ1v) is 6.79. The number of benzene rings is 2. The van der Waals surface area contributed by atoms with Crippen molar-refractivity contribution in [3.63, 3.8) is 0 Å². The van der Waals surface area contributed by atoms with Gasteiger partial charge in [0.15, 0.2) is 0 Å². The van der Waals surface area contributed by atoms with E-state index in [1.807, 2.05) is 6.07 Å². The van der Waals surface area contributed by atoms with Crippen LogP contribution in [0.3, 0.4) is 0 Å². The molecular weight excluding hydrogens is 297 g/mol. The standard InChI is InChI=1S/C15H13Cl2NO2/c1-9(15(19)20)10-5-2-3-8-13(10)18-14-11(16)6-4-7-12(14)17/h2-9,18H,1H3,(H,19,20)/t9-/m0/s1. The second kappa shape index (κ2) is 6.16. The second-order valence-corrected chi connectivity index (χ2v) is 5.18. The van der Waals surface area contributed by atoms with Crippen LogP contribution in [-0.4, -0.2) is 11.1 Å². The van der Waals surface area contributed by atoms with Crippen LogP contribution in [0.25, 0.3) is 0 Å². The number of carboxylic acids is 1. The van der Waals surface area contributed by atoms with E-state index in [4.69, 9.17) is 28.3 Å². The SMILES string of the molecule is C[C@H](C(=O)O)c1ccccc1Nc1c(Cl)cccc1Cl. The molecule has 0 saturated carbocycles. The Balaban J connectivity index is 2.42. The summed E-state index contributed by atoms with van der Waals surface area (Å²) in [5.41, 5.74) is 1.93. The van der Waals surface area contributed by atoms with Crippen molar-refractivity contribution in [3.8, 4) is 0 Å². The molecule has 2 aromatic rings. The molecule has 0 aliphatic heterocycles. The number of carboxylic acid groups (broad SMARTS) is 1. The lowest BCUT2D eigenvalue weighted by Gasteiger charge is -2.16. The maximum Gasteiger partial charge on any atom is 0.310 e. The molecule has 0 bridgehead atoms. The van der Waals surface area contributed by atoms with E-state index in [0.717, 1.165) is 0 Å². The summed E-state index contributed by atoms with van der Waals surface area (Å²) in [6.07, 6.45) is 0. The van der Waals surface area contributed by atoms with Gasteiger partial charge in [0, 0.05) is 5.69 Å². The van der Waals surface area contributed by atoms with Gasteiger partial charge in [-0.2, -0.15) is 0 Å². The maximum absolute atomic E-state index is 11.2. The fourth-order valence-corrected chi connectivity index (χ4v) is 2.37. The summed E-state index contributed by atoms with van der Waals surface area (Å²) in [4.78, 5) is 11.2. The molecule has 0 spiro atoms. The average molecular weight is 310 g/mol. The van der Waals surface area contributed by atoms with Crippen molar-refractivity contribution >= 4 is 40.5 Å². The van der Waals surface area contributed by atoms with Gasteiger partial charge in [0.25, 0.3) is 0 Å². The summed E-state index contributed by atoms with van der Waals surface area (Å²) in [5, 5.41) is 13.2. The van der Waals surface area contributed by atoms with Crippen LogP contribution >= 0.6 is 23.2 Å². The summed E-state index contributed by atoms with van der Waals surface area (Å²) in [7, 11) is 0. The molecule has 3 nitrogen and oxygen atoms in total. The summed E-state index contributed by atoms with van der Waals surface area (Å²) in [6, 6.07) is 12.4. The van der Waals surface area contributed by atoms with Crippen LogP contribution in [0.15, 0.2) is 42.5 Å². The normalized spacial score (nSPS) is 11.9. The number of hydrogen-bond acceptors (Lipinski definition) is 2. The molecule has 0 saturated heterocycles. The predicted octanol–water partition coefficient (Wildman–Crippen LogP) is 4.93. The lowest BCUT2D eigenvalue weighted by atomic mass is 9.99. The van der Waals surface area contributed by atoms with Crippen LogP contribution in [0, 0.1) is 0 Å². The number of anilines is 2. The van der Waals surface area contributed by atoms with Crippen LogP contribution in [0.1, 0.15) is 18.4 Å². The first-order chi connectivity index (χ1) is 9.50. The summed E-state index contributed by atoms with van der Waals surface area (Å²) in [5.74, 6) is -1.51. The fraction of sp³-hybridized carbons (Fsp3) is 0.133. The van der Waals surface area contributed by atoms with E-state index in [-0.39, 0.29) is 0 Å². The van der Waals surface area contributed by atoms with Gasteiger partial charge in [-0.15, -0.1) is 0 Å². The van der Waals surface area contributed by atoms with Gasteiger partial charge >= 0.3 is 5.97 Å². The first kappa shape index (κ1) is 14.7. The van der Waals surface area contributed by atoms with Crippen molar-refractivity contribution in [3.05, 3.63) is 58.1 Å². The van der Waals surface area contributed by atoms with Crippen LogP contribution in [0.2, 0.25) is 10.0 Å². The minimum absolute atomic E-state index is 0.482. The van der Waals surface area contributed by atoms with Crippen molar-refractivity contribution in [2.75, 3.05) is 5.32 Å². The number of para-hydroxylation sites is 2. The molecule has 0 aromatic heterocycles. The highest BCUT2D eigenvalue weighted by atomic mass is 35.5. The number of nitrogens with one attached hydrogen (secondary N) is 1. The van der Waals surface area contributed by atoms with Crippen molar-refractivity contribution < 1.29 is 9.90 Å². The Morgan fingerprint density at radius 1 is 1.10 bits per heavy atom. The maximum atomic E-state index is 11.2. The van der Waals surface area contributed by atoms with Crippen LogP contribution in [-0.2, 0) is 4.79 Å². The molecule has 0 aliphatic rings. The highest BCUT2D eigenvalue weighted by molar-refractivity contribution is 6.39. The molecule has 0 unspecified atom stereocenters. The molecule has 0 radical (unpaired) electrons. The van der Waals surface area contributed by atoms with Gasteiger partial charge in [0.05, 0.1) is 21.7 Å². The van der Waals surface area contributed by atoms with E-state index in [1.54, 1.807) is 43.3 Å². The second-order valence-electron chi connectivity index (χ2n) is 4.37. The van der Waals surface area contributed by atoms with E-state index in [0.29, 0.717) is 27.0 Å². The van der Waals surface area contributed by atoms with Crippen molar-refractivity contribution in [2.24, 2.45) is 0 Å². The number of rotatable bonds is 4. The van der Waals surface area contributed by atoms with E-state index in [2.05, 4.69) is 5.32 Å². The molecule has 2 aromatic carbocycles. The average Bonchev–Trinajstić information content (AvgIpc) is 2.42. The fourth-order valence-electron chi connectivity index (χ4n) is 1.87. The lowest BCUT2D eigenvalue weighted by Crippen LogP contribution is -2.09. The third-order valence-corrected chi connectivity index (χ3v) is 3.65. The Hall–Kier alpha value is -1.71. The third-order valence-electron chi connectivity index (χ3n) is 3.02. The zero-order chi connectivity index (χ0) is 14.7. The highest BCUT2D eigenvalue weighted by Gasteiger charge is 2.18. The molecule has 5 heteroatoms. The predicted molar refractivity (Wildman–Crippen MR) is 82.2 cm³/mol. The number of aliphatic carboxylic acids is 1. The molecule has 2 N–H and O–H groups in total. The van der Waals surface area contributed by atoms with Gasteiger partial charge < -0.3 is 10.4 Å². The van der Waals surface area contributed by atoms with Gasteiger partial charge in [-0.25, -0.2) is 0 Å². The van der Waals surface area contributed by atoms with Gasteiger partial charge in [-0.3, -0.25) is 4.79 Å². The molecule has 0 aliphatic carbocycles. The van der Waals surface area contributed by atoms with E-state index >= 15 is 0 Å². The smallest absolute Gasteiger partial charge is 0.310 e. The van der Waals surface area contributed by atoms with E-state index < -0.39 is 11.9 Å². The summed E-state index contributed by atoms with van der Waals surface area (Å²) >= 11 is 12.2. The zero-order valence-electron chi connectivity index (χ0n) is 10.7. The lowest BCUT2D eigenvalue weighted by molar-refractivity contribution is -0.138. The Morgan fingerprint density at radius 3 is 2.30 bits per heavy atom. The molecule has 0 amide bonds. The molecule has 1 atom stereocenters. The molecule has 104 valence electrons. The van der Waals surface area contributed by atoms with Crippen molar-refractivity contribution in [2.45, 2.75) is 12.8 Å².